The first kappa shape index (κ1) is 11.9. The van der Waals surface area contributed by atoms with Gasteiger partial charge in [-0.25, -0.2) is 0 Å². The van der Waals surface area contributed by atoms with Crippen molar-refractivity contribution in [3.05, 3.63) is 0 Å². The summed E-state index contributed by atoms with van der Waals surface area (Å²) in [5.41, 5.74) is -0.540. The van der Waals surface area contributed by atoms with Crippen molar-refractivity contribution < 1.29 is 9.90 Å². The van der Waals surface area contributed by atoms with Gasteiger partial charge in [0.15, 0.2) is 0 Å². The van der Waals surface area contributed by atoms with Crippen LogP contribution in [0.2, 0.25) is 0 Å². The van der Waals surface area contributed by atoms with E-state index in [2.05, 4.69) is 4.90 Å². The van der Waals surface area contributed by atoms with E-state index < -0.39 is 11.5 Å². The highest BCUT2D eigenvalue weighted by Crippen LogP contribution is 2.38. The first-order valence-corrected chi connectivity index (χ1v) is 6.71. The first-order valence-electron chi connectivity index (χ1n) is 6.71. The number of hydrogen-bond donors (Lipinski definition) is 1. The van der Waals surface area contributed by atoms with E-state index in [1.54, 1.807) is 0 Å². The van der Waals surface area contributed by atoms with Crippen LogP contribution in [0.25, 0.3) is 0 Å². The molecule has 3 nitrogen and oxygen atoms in total. The molecule has 1 aliphatic carbocycles. The van der Waals surface area contributed by atoms with E-state index >= 15 is 0 Å². The molecular formula is C13H23NO2. The normalized spacial score (nSPS) is 33.1. The molecule has 1 saturated heterocycles. The summed E-state index contributed by atoms with van der Waals surface area (Å²) in [6.45, 7) is 3.01. The van der Waals surface area contributed by atoms with Crippen LogP contribution in [0.1, 0.15) is 58.3 Å². The fourth-order valence-corrected chi connectivity index (χ4v) is 3.59. The van der Waals surface area contributed by atoms with E-state index in [-0.39, 0.29) is 0 Å². The Bertz CT molecular complexity index is 261. The Morgan fingerprint density at radius 2 is 2.00 bits per heavy atom. The number of aliphatic carboxylic acids is 1. The lowest BCUT2D eigenvalue weighted by atomic mass is 9.87. The first-order chi connectivity index (χ1) is 7.70. The van der Waals surface area contributed by atoms with Crippen LogP contribution in [-0.4, -0.2) is 34.1 Å². The summed E-state index contributed by atoms with van der Waals surface area (Å²) in [4.78, 5) is 13.9. The molecule has 2 fully saturated rings. The Morgan fingerprint density at radius 1 is 1.31 bits per heavy atom. The number of carboxylic acid groups (broad SMARTS) is 1. The third kappa shape index (κ3) is 1.86. The molecule has 0 aromatic heterocycles. The minimum Gasteiger partial charge on any atom is -0.480 e. The zero-order valence-corrected chi connectivity index (χ0v) is 10.2. The monoisotopic (exact) mass is 225 g/mol. The summed E-state index contributed by atoms with van der Waals surface area (Å²) < 4.78 is 0. The maximum absolute atomic E-state index is 11.6. The molecule has 1 saturated carbocycles. The lowest BCUT2D eigenvalue weighted by Crippen LogP contribution is -2.54. The van der Waals surface area contributed by atoms with Crippen LogP contribution in [0.15, 0.2) is 0 Å². The van der Waals surface area contributed by atoms with Gasteiger partial charge in [0.1, 0.15) is 5.54 Å². The van der Waals surface area contributed by atoms with Gasteiger partial charge in [-0.2, -0.15) is 0 Å². The van der Waals surface area contributed by atoms with E-state index in [0.29, 0.717) is 6.04 Å². The van der Waals surface area contributed by atoms with E-state index in [0.717, 1.165) is 25.8 Å². The highest BCUT2D eigenvalue weighted by molar-refractivity contribution is 5.79. The second-order valence-electron chi connectivity index (χ2n) is 5.28. The molecule has 2 aliphatic rings. The van der Waals surface area contributed by atoms with Gasteiger partial charge in [-0.3, -0.25) is 9.69 Å². The number of nitrogens with zero attached hydrogens (tertiary/aromatic N) is 1. The fraction of sp³-hybridized carbons (Fsp3) is 0.923. The van der Waals surface area contributed by atoms with Crippen molar-refractivity contribution in [2.75, 3.05) is 6.54 Å². The Kier molecular flexibility index (Phi) is 3.53. The molecule has 1 N–H and O–H groups in total. The quantitative estimate of drug-likeness (QED) is 0.802. The molecule has 1 unspecified atom stereocenters. The molecule has 1 atom stereocenters. The molecule has 0 aromatic rings. The molecule has 92 valence electrons. The summed E-state index contributed by atoms with van der Waals surface area (Å²) in [7, 11) is 0. The Hall–Kier alpha value is -0.570. The number of carbonyl (C=O) groups is 1. The highest BCUT2D eigenvalue weighted by atomic mass is 16.4. The zero-order chi connectivity index (χ0) is 11.6. The SMILES string of the molecule is CCC1(C(=O)O)CCCN1C1CCCCC1. The largest absolute Gasteiger partial charge is 0.480 e. The van der Waals surface area contributed by atoms with Gasteiger partial charge < -0.3 is 5.11 Å². The van der Waals surface area contributed by atoms with Gasteiger partial charge in [0, 0.05) is 6.04 Å². The molecule has 0 spiro atoms. The van der Waals surface area contributed by atoms with Gasteiger partial charge in [0.2, 0.25) is 0 Å². The summed E-state index contributed by atoms with van der Waals surface area (Å²) in [5, 5.41) is 9.52. The average Bonchev–Trinajstić information content (AvgIpc) is 2.75. The summed E-state index contributed by atoms with van der Waals surface area (Å²) in [6.07, 6.45) is 8.94. The standard InChI is InChI=1S/C13H23NO2/c1-2-13(12(15)16)9-6-10-14(13)11-7-4-3-5-8-11/h11H,2-10H2,1H3,(H,15,16). The molecular weight excluding hydrogens is 202 g/mol. The van der Waals surface area contributed by atoms with Crippen LogP contribution >= 0.6 is 0 Å². The third-order valence-electron chi connectivity index (χ3n) is 4.54. The van der Waals surface area contributed by atoms with Gasteiger partial charge in [-0.15, -0.1) is 0 Å². The molecule has 2 rings (SSSR count). The molecule has 0 bridgehead atoms. The zero-order valence-electron chi connectivity index (χ0n) is 10.2. The number of rotatable bonds is 3. The van der Waals surface area contributed by atoms with Crippen molar-refractivity contribution >= 4 is 5.97 Å². The van der Waals surface area contributed by atoms with Gasteiger partial charge in [-0.1, -0.05) is 26.2 Å². The van der Waals surface area contributed by atoms with E-state index in [1.807, 2.05) is 6.92 Å². The summed E-state index contributed by atoms with van der Waals surface area (Å²) in [5.74, 6) is -0.599. The van der Waals surface area contributed by atoms with Crippen molar-refractivity contribution in [2.45, 2.75) is 69.9 Å². The van der Waals surface area contributed by atoms with Crippen molar-refractivity contribution in [3.8, 4) is 0 Å². The Balaban J connectivity index is 2.14. The highest BCUT2D eigenvalue weighted by Gasteiger charge is 2.48. The van der Waals surface area contributed by atoms with Gasteiger partial charge in [0.25, 0.3) is 0 Å². The third-order valence-corrected chi connectivity index (χ3v) is 4.54. The molecule has 0 aromatic carbocycles. The fourth-order valence-electron chi connectivity index (χ4n) is 3.59. The Labute approximate surface area is 97.8 Å². The molecule has 0 radical (unpaired) electrons. The lowest BCUT2D eigenvalue weighted by molar-refractivity contribution is -0.152. The summed E-state index contributed by atoms with van der Waals surface area (Å²) in [6, 6.07) is 0.535. The van der Waals surface area contributed by atoms with Crippen LogP contribution in [0.3, 0.4) is 0 Å². The topological polar surface area (TPSA) is 40.5 Å². The molecule has 16 heavy (non-hydrogen) atoms. The molecule has 1 aliphatic heterocycles. The Morgan fingerprint density at radius 3 is 2.56 bits per heavy atom. The minimum absolute atomic E-state index is 0.535. The van der Waals surface area contributed by atoms with Gasteiger partial charge in [-0.05, 0) is 38.6 Å². The maximum Gasteiger partial charge on any atom is 0.324 e. The van der Waals surface area contributed by atoms with Crippen LogP contribution in [-0.2, 0) is 4.79 Å². The second-order valence-corrected chi connectivity index (χ2v) is 5.28. The maximum atomic E-state index is 11.6. The number of hydrogen-bond acceptors (Lipinski definition) is 2. The smallest absolute Gasteiger partial charge is 0.324 e. The van der Waals surface area contributed by atoms with E-state index in [1.165, 1.54) is 32.1 Å². The molecule has 3 heteroatoms. The van der Waals surface area contributed by atoms with Crippen molar-refractivity contribution in [2.24, 2.45) is 0 Å². The van der Waals surface area contributed by atoms with Crippen LogP contribution in [0, 0.1) is 0 Å². The molecule has 1 heterocycles. The van der Waals surface area contributed by atoms with E-state index in [4.69, 9.17) is 0 Å². The van der Waals surface area contributed by atoms with Gasteiger partial charge in [0.05, 0.1) is 0 Å². The van der Waals surface area contributed by atoms with Gasteiger partial charge >= 0.3 is 5.97 Å². The number of likely N-dealkylation sites (tertiary alicyclic amines) is 1. The number of carboxylic acids is 1. The molecule has 0 amide bonds. The average molecular weight is 225 g/mol. The van der Waals surface area contributed by atoms with Crippen LogP contribution in [0.5, 0.6) is 0 Å². The van der Waals surface area contributed by atoms with Crippen LogP contribution in [0.4, 0.5) is 0 Å². The van der Waals surface area contributed by atoms with Crippen molar-refractivity contribution in [1.29, 1.82) is 0 Å². The van der Waals surface area contributed by atoms with Crippen molar-refractivity contribution in [3.63, 3.8) is 0 Å². The predicted molar refractivity (Wildman–Crippen MR) is 63.5 cm³/mol. The van der Waals surface area contributed by atoms with Crippen molar-refractivity contribution in [1.82, 2.24) is 4.90 Å². The summed E-state index contributed by atoms with van der Waals surface area (Å²) >= 11 is 0. The van der Waals surface area contributed by atoms with E-state index in [9.17, 15) is 9.90 Å². The minimum atomic E-state index is -0.599. The lowest BCUT2D eigenvalue weighted by Gasteiger charge is -2.41. The van der Waals surface area contributed by atoms with Crippen LogP contribution < -0.4 is 0 Å². The predicted octanol–water partition coefficient (Wildman–Crippen LogP) is 2.65. The second kappa shape index (κ2) is 4.74.